The number of carbonyl (C=O) groups excluding carboxylic acids is 1. The maximum absolute atomic E-state index is 12.9. The second-order valence-electron chi connectivity index (χ2n) is 7.81. The van der Waals surface area contributed by atoms with Crippen molar-refractivity contribution >= 4 is 5.78 Å². The quantitative estimate of drug-likeness (QED) is 0.882. The smallest absolute Gasteiger partial charge is 0.174 e. The summed E-state index contributed by atoms with van der Waals surface area (Å²) in [5, 5.41) is 10.0. The number of nitrogens with zero attached hydrogens (tertiary/aromatic N) is 1. The van der Waals surface area contributed by atoms with E-state index in [2.05, 4.69) is 18.0 Å². The van der Waals surface area contributed by atoms with Gasteiger partial charge < -0.3 is 19.5 Å². The lowest BCUT2D eigenvalue weighted by Crippen LogP contribution is -2.68. The maximum Gasteiger partial charge on any atom is 0.174 e. The van der Waals surface area contributed by atoms with E-state index < -0.39 is 6.10 Å². The van der Waals surface area contributed by atoms with Gasteiger partial charge in [0.15, 0.2) is 23.4 Å². The largest absolute Gasteiger partial charge is 0.493 e. The van der Waals surface area contributed by atoms with Crippen LogP contribution in [0.4, 0.5) is 0 Å². The highest BCUT2D eigenvalue weighted by Crippen LogP contribution is 2.64. The fourth-order valence-corrected chi connectivity index (χ4v) is 6.09. The van der Waals surface area contributed by atoms with Crippen LogP contribution in [0.3, 0.4) is 0 Å². The molecule has 1 N–H and O–H groups in total. The predicted molar refractivity (Wildman–Crippen MR) is 87.5 cm³/mol. The maximum atomic E-state index is 12.9. The van der Waals surface area contributed by atoms with E-state index in [9.17, 15) is 9.90 Å². The SMILES string of the molecule is COc1ccc2c3c1O[C@H]1C(=O)C[C@H](CO)C4C(C2)N(C)CCC341. The first-order valence-corrected chi connectivity index (χ1v) is 8.82. The normalized spacial score (nSPS) is 39.4. The van der Waals surface area contributed by atoms with Crippen molar-refractivity contribution in [2.45, 2.75) is 36.8 Å². The number of carbonyl (C=O) groups is 1. The Morgan fingerprint density at radius 1 is 1.42 bits per heavy atom. The molecule has 1 saturated heterocycles. The molecular weight excluding hydrogens is 306 g/mol. The van der Waals surface area contributed by atoms with Gasteiger partial charge in [0, 0.05) is 30.0 Å². The number of Topliss-reactive ketones (excluding diaryl/α,β-unsaturated/α-hetero) is 1. The molecule has 5 rings (SSSR count). The van der Waals surface area contributed by atoms with Crippen molar-refractivity contribution in [3.63, 3.8) is 0 Å². The lowest BCUT2D eigenvalue weighted by atomic mass is 9.49. The second-order valence-corrected chi connectivity index (χ2v) is 7.81. The topological polar surface area (TPSA) is 59.0 Å². The number of ketones is 1. The van der Waals surface area contributed by atoms with Crippen LogP contribution < -0.4 is 9.47 Å². The summed E-state index contributed by atoms with van der Waals surface area (Å²) in [6.45, 7) is 1.03. The summed E-state index contributed by atoms with van der Waals surface area (Å²) in [7, 11) is 3.82. The molecule has 2 aliphatic heterocycles. The molecule has 3 unspecified atom stereocenters. The van der Waals surface area contributed by atoms with Gasteiger partial charge in [-0.25, -0.2) is 0 Å². The summed E-state index contributed by atoms with van der Waals surface area (Å²) >= 11 is 0. The monoisotopic (exact) mass is 329 g/mol. The molecule has 5 atom stereocenters. The molecule has 1 aromatic carbocycles. The molecule has 2 bridgehead atoms. The second kappa shape index (κ2) is 4.73. The molecule has 2 aliphatic carbocycles. The van der Waals surface area contributed by atoms with Crippen molar-refractivity contribution in [1.29, 1.82) is 0 Å². The van der Waals surface area contributed by atoms with Gasteiger partial charge >= 0.3 is 0 Å². The zero-order valence-electron chi connectivity index (χ0n) is 14.1. The van der Waals surface area contributed by atoms with Gasteiger partial charge in [-0.1, -0.05) is 6.07 Å². The zero-order valence-corrected chi connectivity index (χ0v) is 14.1. The predicted octanol–water partition coefficient (Wildman–Crippen LogP) is 1.15. The van der Waals surface area contributed by atoms with Crippen LogP contribution in [0.5, 0.6) is 11.5 Å². The molecule has 2 heterocycles. The molecule has 1 spiro atoms. The van der Waals surface area contributed by atoms with Crippen molar-refractivity contribution in [2.75, 3.05) is 27.3 Å². The number of hydrogen-bond acceptors (Lipinski definition) is 5. The van der Waals surface area contributed by atoms with Gasteiger partial charge in [-0.2, -0.15) is 0 Å². The Labute approximate surface area is 141 Å². The Bertz CT molecular complexity index is 732. The fourth-order valence-electron chi connectivity index (χ4n) is 6.09. The zero-order chi connectivity index (χ0) is 16.6. The molecule has 24 heavy (non-hydrogen) atoms. The first-order valence-electron chi connectivity index (χ1n) is 8.82. The lowest BCUT2D eigenvalue weighted by Gasteiger charge is -2.59. The molecule has 0 radical (unpaired) electrons. The number of piperidine rings is 1. The van der Waals surface area contributed by atoms with Gasteiger partial charge in [0.25, 0.3) is 0 Å². The van der Waals surface area contributed by atoms with Crippen LogP contribution in [-0.4, -0.2) is 55.2 Å². The van der Waals surface area contributed by atoms with E-state index in [-0.39, 0.29) is 29.6 Å². The lowest BCUT2D eigenvalue weighted by molar-refractivity contribution is -0.146. The van der Waals surface area contributed by atoms with E-state index in [1.54, 1.807) is 7.11 Å². The van der Waals surface area contributed by atoms with Crippen LogP contribution in [0, 0.1) is 11.8 Å². The number of aliphatic hydroxyl groups excluding tert-OH is 1. The van der Waals surface area contributed by atoms with Crippen LogP contribution in [0.25, 0.3) is 0 Å². The number of likely N-dealkylation sites (tertiary alicyclic amines) is 1. The number of benzene rings is 1. The Hall–Kier alpha value is -1.59. The minimum Gasteiger partial charge on any atom is -0.493 e. The summed E-state index contributed by atoms with van der Waals surface area (Å²) in [6, 6.07) is 4.47. The van der Waals surface area contributed by atoms with Gasteiger partial charge in [-0.15, -0.1) is 0 Å². The van der Waals surface area contributed by atoms with E-state index in [4.69, 9.17) is 9.47 Å². The molecule has 1 aromatic rings. The van der Waals surface area contributed by atoms with Crippen molar-refractivity contribution in [3.05, 3.63) is 23.3 Å². The third-order valence-corrected chi connectivity index (χ3v) is 6.98. The summed E-state index contributed by atoms with van der Waals surface area (Å²) in [5.41, 5.74) is 2.21. The third-order valence-electron chi connectivity index (χ3n) is 6.98. The highest BCUT2D eigenvalue weighted by atomic mass is 16.5. The highest BCUT2D eigenvalue weighted by Gasteiger charge is 2.67. The molecule has 5 heteroatoms. The van der Waals surface area contributed by atoms with Crippen molar-refractivity contribution in [1.82, 2.24) is 4.90 Å². The van der Waals surface area contributed by atoms with Crippen LogP contribution in [0.15, 0.2) is 12.1 Å². The third kappa shape index (κ3) is 1.51. The van der Waals surface area contributed by atoms with Crippen LogP contribution in [0.2, 0.25) is 0 Å². The van der Waals surface area contributed by atoms with Crippen LogP contribution in [-0.2, 0) is 16.6 Å². The molecule has 0 aromatic heterocycles. The molecule has 128 valence electrons. The van der Waals surface area contributed by atoms with Crippen molar-refractivity contribution < 1.29 is 19.4 Å². The number of ether oxygens (including phenoxy) is 2. The summed E-state index contributed by atoms with van der Waals surface area (Å²) in [5.74, 6) is 1.93. The van der Waals surface area contributed by atoms with Gasteiger partial charge in [0.2, 0.25) is 0 Å². The van der Waals surface area contributed by atoms with Crippen LogP contribution >= 0.6 is 0 Å². The number of rotatable bonds is 2. The van der Waals surface area contributed by atoms with E-state index >= 15 is 0 Å². The molecule has 0 amide bonds. The Morgan fingerprint density at radius 2 is 2.25 bits per heavy atom. The first-order chi connectivity index (χ1) is 11.6. The Kier molecular flexibility index (Phi) is 2.90. The fraction of sp³-hybridized carbons (Fsp3) is 0.632. The van der Waals surface area contributed by atoms with E-state index in [1.807, 2.05) is 6.07 Å². The first kappa shape index (κ1) is 14.7. The average molecular weight is 329 g/mol. The minimum atomic E-state index is -0.410. The van der Waals surface area contributed by atoms with Crippen molar-refractivity contribution in [3.8, 4) is 11.5 Å². The van der Waals surface area contributed by atoms with Crippen LogP contribution in [0.1, 0.15) is 24.0 Å². The van der Waals surface area contributed by atoms with Crippen molar-refractivity contribution in [2.24, 2.45) is 11.8 Å². The van der Waals surface area contributed by atoms with E-state index in [1.165, 1.54) is 11.1 Å². The van der Waals surface area contributed by atoms with Gasteiger partial charge in [-0.05, 0) is 49.9 Å². The summed E-state index contributed by atoms with van der Waals surface area (Å²) in [6.07, 6.45) is 1.87. The Balaban J connectivity index is 1.81. The molecule has 5 nitrogen and oxygen atoms in total. The van der Waals surface area contributed by atoms with Gasteiger partial charge in [0.1, 0.15) is 0 Å². The molecule has 2 fully saturated rings. The van der Waals surface area contributed by atoms with Gasteiger partial charge in [-0.3, -0.25) is 4.79 Å². The molecule has 1 saturated carbocycles. The highest BCUT2D eigenvalue weighted by molar-refractivity contribution is 5.89. The number of likely N-dealkylation sites (N-methyl/N-ethyl adjacent to an activating group) is 1. The number of aliphatic hydroxyl groups is 1. The minimum absolute atomic E-state index is 0.0235. The van der Waals surface area contributed by atoms with E-state index in [0.29, 0.717) is 12.5 Å². The average Bonchev–Trinajstić information content (AvgIpc) is 2.94. The summed E-state index contributed by atoms with van der Waals surface area (Å²) < 4.78 is 11.8. The number of hydrogen-bond donors (Lipinski definition) is 1. The molecular formula is C19H23NO4. The standard InChI is InChI=1S/C19H23NO4/c1-20-6-5-19-15-11(9-21)8-13(22)18(19)24-17-14(23-2)4-3-10(16(17)19)7-12(15)20/h3-4,11-12,15,18,21H,5-9H2,1-2H3/t11-,12?,15?,18+,19?/m1/s1. The Morgan fingerprint density at radius 3 is 3.00 bits per heavy atom. The molecule has 4 aliphatic rings. The summed E-state index contributed by atoms with van der Waals surface area (Å²) in [4.78, 5) is 15.3. The number of methoxy groups -OCH3 is 1. The van der Waals surface area contributed by atoms with Gasteiger partial charge in [0.05, 0.1) is 7.11 Å². The van der Waals surface area contributed by atoms with E-state index in [0.717, 1.165) is 30.9 Å².